The minimum Gasteiger partial charge on any atom is -0.379 e. The number of carbonyl (C=O) groups excluding carboxylic acids is 1. The van der Waals surface area contributed by atoms with Crippen molar-refractivity contribution in [3.8, 4) is 0 Å². The number of rotatable bonds is 3. The molecule has 2 saturated heterocycles. The van der Waals surface area contributed by atoms with Gasteiger partial charge in [0, 0.05) is 32.7 Å². The highest BCUT2D eigenvalue weighted by Crippen LogP contribution is 2.20. The van der Waals surface area contributed by atoms with Crippen LogP contribution in [-0.4, -0.2) is 68.1 Å². The van der Waals surface area contributed by atoms with Crippen LogP contribution < -0.4 is 0 Å². The Morgan fingerprint density at radius 1 is 1.17 bits per heavy atom. The van der Waals surface area contributed by atoms with E-state index in [9.17, 15) is 13.6 Å². The van der Waals surface area contributed by atoms with Gasteiger partial charge < -0.3 is 9.64 Å². The number of alkyl halides is 2. The molecule has 0 aromatic rings. The fourth-order valence-corrected chi connectivity index (χ4v) is 2.62. The Kier molecular flexibility index (Phi) is 4.88. The number of amides is 1. The standard InChI is InChI=1S/C12H20F2N2O2/c13-11(14)12(17)16-3-1-10(2-4-16)9-15-5-7-18-8-6-15/h10-11H,1-9H2. The second-order valence-corrected chi connectivity index (χ2v) is 4.98. The lowest BCUT2D eigenvalue weighted by molar-refractivity contribution is -0.144. The molecular formula is C12H20F2N2O2. The molecule has 2 rings (SSSR count). The highest BCUT2D eigenvalue weighted by molar-refractivity contribution is 5.79. The van der Waals surface area contributed by atoms with Crippen molar-refractivity contribution in [3.63, 3.8) is 0 Å². The third kappa shape index (κ3) is 3.62. The molecule has 2 aliphatic heterocycles. The first kappa shape index (κ1) is 13.7. The van der Waals surface area contributed by atoms with Gasteiger partial charge in [-0.15, -0.1) is 0 Å². The van der Waals surface area contributed by atoms with Crippen LogP contribution in [0.15, 0.2) is 0 Å². The van der Waals surface area contributed by atoms with Crippen molar-refractivity contribution in [2.75, 3.05) is 45.9 Å². The maximum absolute atomic E-state index is 12.3. The number of likely N-dealkylation sites (tertiary alicyclic amines) is 1. The largest absolute Gasteiger partial charge is 0.379 e. The lowest BCUT2D eigenvalue weighted by Crippen LogP contribution is -2.45. The molecule has 0 aromatic heterocycles. The quantitative estimate of drug-likeness (QED) is 0.755. The van der Waals surface area contributed by atoms with Gasteiger partial charge in [-0.1, -0.05) is 0 Å². The zero-order chi connectivity index (χ0) is 13.0. The fourth-order valence-electron chi connectivity index (χ4n) is 2.62. The molecule has 18 heavy (non-hydrogen) atoms. The molecule has 2 fully saturated rings. The molecular weight excluding hydrogens is 242 g/mol. The second-order valence-electron chi connectivity index (χ2n) is 4.98. The number of morpholine rings is 1. The van der Waals surface area contributed by atoms with Crippen LogP contribution in [0.5, 0.6) is 0 Å². The van der Waals surface area contributed by atoms with Crippen LogP contribution in [-0.2, 0) is 9.53 Å². The average Bonchev–Trinajstić information content (AvgIpc) is 2.40. The first-order valence-corrected chi connectivity index (χ1v) is 6.54. The summed E-state index contributed by atoms with van der Waals surface area (Å²) in [5.41, 5.74) is 0. The van der Waals surface area contributed by atoms with Crippen LogP contribution in [0.3, 0.4) is 0 Å². The SMILES string of the molecule is O=C(C(F)F)N1CCC(CN2CCOCC2)CC1. The van der Waals surface area contributed by atoms with E-state index >= 15 is 0 Å². The number of hydrogen-bond donors (Lipinski definition) is 0. The molecule has 0 aromatic carbocycles. The Labute approximate surface area is 106 Å². The summed E-state index contributed by atoms with van der Waals surface area (Å²) < 4.78 is 29.8. The third-order valence-electron chi connectivity index (χ3n) is 3.73. The molecule has 0 saturated carbocycles. The van der Waals surface area contributed by atoms with E-state index in [1.807, 2.05) is 0 Å². The normalized spacial score (nSPS) is 23.6. The Hall–Kier alpha value is -0.750. The summed E-state index contributed by atoms with van der Waals surface area (Å²) >= 11 is 0. The van der Waals surface area contributed by atoms with Crippen molar-refractivity contribution in [3.05, 3.63) is 0 Å². The number of hydrogen-bond acceptors (Lipinski definition) is 3. The molecule has 1 amide bonds. The van der Waals surface area contributed by atoms with Crippen molar-refractivity contribution in [2.45, 2.75) is 19.3 Å². The maximum Gasteiger partial charge on any atom is 0.315 e. The fraction of sp³-hybridized carbons (Fsp3) is 0.917. The van der Waals surface area contributed by atoms with Gasteiger partial charge in [0.2, 0.25) is 0 Å². The van der Waals surface area contributed by atoms with Gasteiger partial charge >= 0.3 is 6.43 Å². The number of piperidine rings is 1. The molecule has 6 heteroatoms. The molecule has 0 unspecified atom stereocenters. The Morgan fingerprint density at radius 2 is 1.78 bits per heavy atom. The minimum absolute atomic E-state index is 0.470. The lowest BCUT2D eigenvalue weighted by Gasteiger charge is -2.35. The van der Waals surface area contributed by atoms with Gasteiger partial charge in [-0.3, -0.25) is 9.69 Å². The van der Waals surface area contributed by atoms with Crippen LogP contribution in [0.1, 0.15) is 12.8 Å². The van der Waals surface area contributed by atoms with Gasteiger partial charge in [-0.05, 0) is 18.8 Å². The van der Waals surface area contributed by atoms with Crippen LogP contribution in [0.25, 0.3) is 0 Å². The first-order chi connectivity index (χ1) is 8.66. The van der Waals surface area contributed by atoms with Gasteiger partial charge in [-0.2, -0.15) is 8.78 Å². The van der Waals surface area contributed by atoms with Crippen molar-refractivity contribution < 1.29 is 18.3 Å². The molecule has 2 aliphatic rings. The van der Waals surface area contributed by atoms with Gasteiger partial charge in [-0.25, -0.2) is 0 Å². The molecule has 2 heterocycles. The Balaban J connectivity index is 1.71. The van der Waals surface area contributed by atoms with Gasteiger partial charge in [0.1, 0.15) is 0 Å². The molecule has 0 N–H and O–H groups in total. The lowest BCUT2D eigenvalue weighted by atomic mass is 9.96. The monoisotopic (exact) mass is 262 g/mol. The van der Waals surface area contributed by atoms with Crippen molar-refractivity contribution in [1.29, 1.82) is 0 Å². The Bertz CT molecular complexity index is 275. The van der Waals surface area contributed by atoms with Crippen LogP contribution in [0, 0.1) is 5.92 Å². The van der Waals surface area contributed by atoms with Crippen LogP contribution >= 0.6 is 0 Å². The predicted octanol–water partition coefficient (Wildman–Crippen LogP) is 0.822. The summed E-state index contributed by atoms with van der Waals surface area (Å²) in [6.45, 7) is 5.41. The molecule has 4 nitrogen and oxygen atoms in total. The zero-order valence-corrected chi connectivity index (χ0v) is 10.5. The summed E-state index contributed by atoms with van der Waals surface area (Å²) in [4.78, 5) is 14.8. The summed E-state index contributed by atoms with van der Waals surface area (Å²) in [7, 11) is 0. The van der Waals surface area contributed by atoms with Gasteiger partial charge in [0.25, 0.3) is 5.91 Å². The molecule has 0 radical (unpaired) electrons. The predicted molar refractivity (Wildman–Crippen MR) is 62.6 cm³/mol. The maximum atomic E-state index is 12.3. The molecule has 104 valence electrons. The topological polar surface area (TPSA) is 32.8 Å². The molecule has 0 aliphatic carbocycles. The number of carbonyl (C=O) groups is 1. The van der Waals surface area contributed by atoms with E-state index in [2.05, 4.69) is 4.90 Å². The van der Waals surface area contributed by atoms with Gasteiger partial charge in [0.15, 0.2) is 0 Å². The van der Waals surface area contributed by atoms with Crippen LogP contribution in [0.2, 0.25) is 0 Å². The zero-order valence-electron chi connectivity index (χ0n) is 10.5. The van der Waals surface area contributed by atoms with Crippen molar-refractivity contribution >= 4 is 5.91 Å². The van der Waals surface area contributed by atoms with E-state index in [-0.39, 0.29) is 0 Å². The summed E-state index contributed by atoms with van der Waals surface area (Å²) in [5.74, 6) is -0.496. The van der Waals surface area contributed by atoms with E-state index in [4.69, 9.17) is 4.74 Å². The van der Waals surface area contributed by atoms with Gasteiger partial charge in [0.05, 0.1) is 13.2 Å². The molecule has 0 spiro atoms. The summed E-state index contributed by atoms with van der Waals surface area (Å²) in [6, 6.07) is 0. The van der Waals surface area contributed by atoms with Crippen LogP contribution in [0.4, 0.5) is 8.78 Å². The Morgan fingerprint density at radius 3 is 2.33 bits per heavy atom. The highest BCUT2D eigenvalue weighted by atomic mass is 19.3. The summed E-state index contributed by atoms with van der Waals surface area (Å²) in [5, 5.41) is 0. The minimum atomic E-state index is -2.86. The molecule has 0 bridgehead atoms. The highest BCUT2D eigenvalue weighted by Gasteiger charge is 2.28. The van der Waals surface area contributed by atoms with E-state index < -0.39 is 12.3 Å². The average molecular weight is 262 g/mol. The number of ether oxygens (including phenoxy) is 1. The van der Waals surface area contributed by atoms with E-state index in [0.717, 1.165) is 45.7 Å². The first-order valence-electron chi connectivity index (χ1n) is 6.54. The molecule has 0 atom stereocenters. The van der Waals surface area contributed by atoms with Crippen molar-refractivity contribution in [2.24, 2.45) is 5.92 Å². The number of halogens is 2. The van der Waals surface area contributed by atoms with E-state index in [1.54, 1.807) is 0 Å². The smallest absolute Gasteiger partial charge is 0.315 e. The van der Waals surface area contributed by atoms with E-state index in [1.165, 1.54) is 4.90 Å². The van der Waals surface area contributed by atoms with E-state index in [0.29, 0.717) is 19.0 Å². The number of nitrogens with zero attached hydrogens (tertiary/aromatic N) is 2. The van der Waals surface area contributed by atoms with Crippen molar-refractivity contribution in [1.82, 2.24) is 9.80 Å². The summed E-state index contributed by atoms with van der Waals surface area (Å²) in [6.07, 6.45) is -1.20. The third-order valence-corrected chi connectivity index (χ3v) is 3.73. The second kappa shape index (κ2) is 6.43.